The van der Waals surface area contributed by atoms with E-state index < -0.39 is 5.97 Å². The lowest BCUT2D eigenvalue weighted by Crippen LogP contribution is -2.04. The van der Waals surface area contributed by atoms with Gasteiger partial charge in [0.15, 0.2) is 0 Å². The first-order chi connectivity index (χ1) is 4.16. The highest BCUT2D eigenvalue weighted by Crippen LogP contribution is 1.89. The molecule has 0 bridgehead atoms. The number of methoxy groups -OCH3 is 1. The van der Waals surface area contributed by atoms with E-state index in [9.17, 15) is 4.79 Å². The molecule has 0 spiro atoms. The van der Waals surface area contributed by atoms with Gasteiger partial charge in [-0.2, -0.15) is 0 Å². The Bertz CT molecular complexity index is 131. The average molecular weight is 165 g/mol. The van der Waals surface area contributed by atoms with Gasteiger partial charge < -0.3 is 4.74 Å². The molecule has 5 heteroatoms. The first kappa shape index (κ1) is 8.84. The molecule has 0 aromatic carbocycles. The molecule has 0 atom stereocenters. The number of ether oxygens (including phenoxy) is 1. The fraction of sp³-hybridized carbons (Fsp3) is 0.500. The van der Waals surface area contributed by atoms with Crippen LogP contribution in [-0.2, 0) is 9.53 Å². The smallest absolute Gasteiger partial charge is 0.327 e. The van der Waals surface area contributed by atoms with Crippen LogP contribution < -0.4 is 0 Å². The molecule has 0 unspecified atom stereocenters. The molecule has 0 aliphatic carbocycles. The normalized spacial score (nSPS) is 8.33. The number of rotatable bonds is 2. The van der Waals surface area contributed by atoms with Crippen LogP contribution in [-0.4, -0.2) is 24.0 Å². The van der Waals surface area contributed by atoms with E-state index in [2.05, 4.69) is 35.0 Å². The highest BCUT2D eigenvalue weighted by Gasteiger charge is 1.94. The maximum absolute atomic E-state index is 10.3. The summed E-state index contributed by atoms with van der Waals surface area (Å²) < 4.78 is 4.56. The van der Waals surface area contributed by atoms with E-state index in [1.165, 1.54) is 7.11 Å². The van der Waals surface area contributed by atoms with Crippen molar-refractivity contribution in [2.24, 2.45) is 4.99 Å². The number of carbonyl (C=O) groups is 1. The number of thiol groups is 2. The molecule has 0 heterocycles. The molecule has 0 amide bonds. The Balaban J connectivity index is 3.50. The SMILES string of the molecule is COC(=O)CN=C(S)S. The summed E-state index contributed by atoms with van der Waals surface area (Å²) in [5.74, 6) is -0.393. The van der Waals surface area contributed by atoms with Crippen LogP contribution in [0.3, 0.4) is 0 Å². The highest BCUT2D eigenvalue weighted by atomic mass is 32.2. The lowest BCUT2D eigenvalue weighted by atomic mass is 10.7. The zero-order valence-electron chi connectivity index (χ0n) is 4.87. The minimum atomic E-state index is -0.393. The maximum atomic E-state index is 10.3. The lowest BCUT2D eigenvalue weighted by molar-refractivity contribution is -0.138. The van der Waals surface area contributed by atoms with Gasteiger partial charge in [-0.1, -0.05) is 0 Å². The number of esters is 1. The van der Waals surface area contributed by atoms with Gasteiger partial charge in [0.25, 0.3) is 0 Å². The largest absolute Gasteiger partial charge is 0.468 e. The molecule has 0 aromatic heterocycles. The molecular formula is C4H7NO2S2. The van der Waals surface area contributed by atoms with E-state index in [1.807, 2.05) is 0 Å². The van der Waals surface area contributed by atoms with Gasteiger partial charge in [0, 0.05) is 0 Å². The summed E-state index contributed by atoms with van der Waals surface area (Å²) in [7, 11) is 1.30. The number of hydrogen-bond donors (Lipinski definition) is 2. The van der Waals surface area contributed by atoms with Crippen LogP contribution in [0.4, 0.5) is 0 Å². The van der Waals surface area contributed by atoms with Crippen LogP contribution >= 0.6 is 25.3 Å². The Morgan fingerprint density at radius 3 is 2.56 bits per heavy atom. The third kappa shape index (κ3) is 5.72. The topological polar surface area (TPSA) is 38.7 Å². The summed E-state index contributed by atoms with van der Waals surface area (Å²) in [6.07, 6.45) is 0. The number of nitrogens with zero attached hydrogens (tertiary/aromatic N) is 1. The number of hydrogen-bond acceptors (Lipinski definition) is 3. The molecular weight excluding hydrogens is 158 g/mol. The first-order valence-corrected chi connectivity index (χ1v) is 3.05. The van der Waals surface area contributed by atoms with Crippen molar-refractivity contribution >= 4 is 35.6 Å². The van der Waals surface area contributed by atoms with E-state index in [4.69, 9.17) is 0 Å². The number of carbonyl (C=O) groups excluding carboxylic acids is 1. The molecule has 0 fully saturated rings. The molecule has 0 rings (SSSR count). The van der Waals surface area contributed by atoms with Crippen molar-refractivity contribution in [1.82, 2.24) is 0 Å². The minimum absolute atomic E-state index is 0.0150. The van der Waals surface area contributed by atoms with Crippen LogP contribution in [0.15, 0.2) is 4.99 Å². The van der Waals surface area contributed by atoms with Crippen molar-refractivity contribution < 1.29 is 9.53 Å². The molecule has 0 aromatic rings. The monoisotopic (exact) mass is 165 g/mol. The van der Waals surface area contributed by atoms with Gasteiger partial charge in [0.2, 0.25) is 0 Å². The molecule has 0 aliphatic heterocycles. The number of aliphatic imine (C=N–C) groups is 1. The third-order valence-corrected chi connectivity index (χ3v) is 0.860. The molecule has 3 nitrogen and oxygen atoms in total. The summed E-state index contributed by atoms with van der Waals surface area (Å²) in [6, 6.07) is 0. The summed E-state index contributed by atoms with van der Waals surface area (Å²) >= 11 is 7.44. The Hall–Kier alpha value is -0.160. The van der Waals surface area contributed by atoms with E-state index in [-0.39, 0.29) is 10.9 Å². The molecule has 9 heavy (non-hydrogen) atoms. The Labute approximate surface area is 64.3 Å². The molecule has 0 radical (unpaired) electrons. The summed E-state index contributed by atoms with van der Waals surface area (Å²) in [4.78, 5) is 13.9. The van der Waals surface area contributed by atoms with Crippen LogP contribution in [0.5, 0.6) is 0 Å². The van der Waals surface area contributed by atoms with Crippen LogP contribution in [0.1, 0.15) is 0 Å². The van der Waals surface area contributed by atoms with Gasteiger partial charge in [-0.3, -0.25) is 9.79 Å². The first-order valence-electron chi connectivity index (χ1n) is 2.16. The van der Waals surface area contributed by atoms with Crippen molar-refractivity contribution in [2.45, 2.75) is 0 Å². The van der Waals surface area contributed by atoms with Gasteiger partial charge in [-0.15, -0.1) is 25.3 Å². The van der Waals surface area contributed by atoms with E-state index in [1.54, 1.807) is 0 Å². The van der Waals surface area contributed by atoms with Crippen molar-refractivity contribution in [3.05, 3.63) is 0 Å². The van der Waals surface area contributed by atoms with Crippen molar-refractivity contribution in [3.8, 4) is 0 Å². The second kappa shape index (κ2) is 4.69. The van der Waals surface area contributed by atoms with Crippen LogP contribution in [0.2, 0.25) is 0 Å². The Morgan fingerprint density at radius 2 is 2.22 bits per heavy atom. The molecule has 0 N–H and O–H groups in total. The van der Waals surface area contributed by atoms with Gasteiger partial charge in [-0.25, -0.2) is 0 Å². The van der Waals surface area contributed by atoms with Gasteiger partial charge in [0.1, 0.15) is 10.9 Å². The minimum Gasteiger partial charge on any atom is -0.468 e. The van der Waals surface area contributed by atoms with Crippen molar-refractivity contribution in [2.75, 3.05) is 13.7 Å². The summed E-state index contributed by atoms with van der Waals surface area (Å²) in [6.45, 7) is -0.0150. The van der Waals surface area contributed by atoms with Gasteiger partial charge in [0.05, 0.1) is 7.11 Å². The van der Waals surface area contributed by atoms with Gasteiger partial charge in [-0.05, 0) is 0 Å². The fourth-order valence-electron chi connectivity index (χ4n) is 0.200. The lowest BCUT2D eigenvalue weighted by Gasteiger charge is -1.91. The van der Waals surface area contributed by atoms with E-state index >= 15 is 0 Å². The standard InChI is InChI=1S/C4H7NO2S2/c1-7-3(6)2-5-4(8)9/h2H2,1H3,(H2,5,8,9). The van der Waals surface area contributed by atoms with E-state index in [0.29, 0.717) is 0 Å². The molecule has 0 saturated carbocycles. The zero-order chi connectivity index (χ0) is 7.28. The Morgan fingerprint density at radius 1 is 1.67 bits per heavy atom. The second-order valence-corrected chi connectivity index (χ2v) is 2.39. The second-order valence-electron chi connectivity index (χ2n) is 1.19. The molecule has 0 saturated heterocycles. The van der Waals surface area contributed by atoms with Crippen LogP contribution in [0, 0.1) is 0 Å². The zero-order valence-corrected chi connectivity index (χ0v) is 6.65. The van der Waals surface area contributed by atoms with Crippen molar-refractivity contribution in [1.29, 1.82) is 0 Å². The summed E-state index contributed by atoms with van der Waals surface area (Å²) in [5.41, 5.74) is 0. The molecule has 0 aliphatic rings. The predicted molar refractivity (Wildman–Crippen MR) is 42.3 cm³/mol. The third-order valence-electron chi connectivity index (χ3n) is 0.577. The fourth-order valence-corrected chi connectivity index (χ4v) is 0.341. The average Bonchev–Trinajstić information content (AvgIpc) is 1.83. The van der Waals surface area contributed by atoms with Crippen molar-refractivity contribution in [3.63, 3.8) is 0 Å². The van der Waals surface area contributed by atoms with E-state index in [0.717, 1.165) is 0 Å². The molecule has 52 valence electrons. The van der Waals surface area contributed by atoms with Gasteiger partial charge >= 0.3 is 5.97 Å². The quantitative estimate of drug-likeness (QED) is 0.269. The predicted octanol–water partition coefficient (Wildman–Crippen LogP) is 0.375. The Kier molecular flexibility index (Phi) is 4.61. The van der Waals surface area contributed by atoms with Crippen LogP contribution in [0.25, 0.3) is 0 Å². The summed E-state index contributed by atoms with van der Waals surface area (Å²) in [5, 5.41) is 0. The highest BCUT2D eigenvalue weighted by molar-refractivity contribution is 8.23. The maximum Gasteiger partial charge on any atom is 0.327 e.